The standard InChI is InChI=1S/2C15H10N.C5H7O2.Ir/c2*1-2-6-12(7-3-1)15-11-10-13-8-4-5-9-14(13)16-15;1-4(6)3-5(2)7;/h2*1-6,8-11H;3H,1-2H3;/q3*-1;+3. The third kappa shape index (κ3) is 8.81. The van der Waals surface area contributed by atoms with E-state index in [1.54, 1.807) is 0 Å². The van der Waals surface area contributed by atoms with E-state index in [1.807, 2.05) is 97.1 Å². The van der Waals surface area contributed by atoms with Crippen LogP contribution in [-0.2, 0) is 29.7 Å². The fourth-order valence-corrected chi connectivity index (χ4v) is 3.82. The van der Waals surface area contributed by atoms with E-state index in [0.29, 0.717) is 0 Å². The maximum atomic E-state index is 9.98. The average molecular weight is 700 g/mol. The molecular formula is C35H27IrN2O2. The molecule has 4 nitrogen and oxygen atoms in total. The molecule has 0 atom stereocenters. The molecule has 5 heteroatoms. The van der Waals surface area contributed by atoms with Crippen LogP contribution in [0.1, 0.15) is 13.8 Å². The minimum Gasteiger partial charge on any atom is -0.334 e. The zero-order valence-electron chi connectivity index (χ0n) is 22.2. The SMILES string of the molecule is CC(=O)[CH-]C(C)=O.[Ir+3].[c-]1ccccc1-c1ccc2ccccc2n1.[c-]1ccccc1-c1ccc2ccccc2n1. The third-order valence-electron chi connectivity index (χ3n) is 5.57. The molecule has 0 radical (unpaired) electrons. The molecule has 0 aliphatic rings. The van der Waals surface area contributed by atoms with Gasteiger partial charge in [-0.15, -0.1) is 71.8 Å². The Morgan fingerprint density at radius 2 is 0.950 bits per heavy atom. The minimum absolute atomic E-state index is 0. The number of hydrogen-bond donors (Lipinski definition) is 0. The first-order valence-corrected chi connectivity index (χ1v) is 12.5. The Bertz CT molecular complexity index is 1560. The van der Waals surface area contributed by atoms with Crippen molar-refractivity contribution in [2.45, 2.75) is 13.8 Å². The topological polar surface area (TPSA) is 59.9 Å². The Morgan fingerprint density at radius 1 is 0.550 bits per heavy atom. The van der Waals surface area contributed by atoms with E-state index in [0.717, 1.165) is 40.0 Å². The van der Waals surface area contributed by atoms with Gasteiger partial charge in [-0.2, -0.15) is 0 Å². The summed E-state index contributed by atoms with van der Waals surface area (Å²) in [6.45, 7) is 2.70. The maximum Gasteiger partial charge on any atom is 3.00 e. The number of fused-ring (bicyclic) bond motifs is 2. The minimum atomic E-state index is -0.187. The largest absolute Gasteiger partial charge is 3.00 e. The summed E-state index contributed by atoms with van der Waals surface area (Å²) >= 11 is 0. The number of para-hydroxylation sites is 2. The zero-order valence-corrected chi connectivity index (χ0v) is 24.6. The van der Waals surface area contributed by atoms with Crippen molar-refractivity contribution in [2.24, 2.45) is 0 Å². The van der Waals surface area contributed by atoms with Gasteiger partial charge in [0, 0.05) is 11.6 Å². The molecule has 2 heterocycles. The predicted molar refractivity (Wildman–Crippen MR) is 158 cm³/mol. The summed E-state index contributed by atoms with van der Waals surface area (Å²) in [4.78, 5) is 29.2. The number of hydrogen-bond acceptors (Lipinski definition) is 4. The Balaban J connectivity index is 0.000000177. The van der Waals surface area contributed by atoms with E-state index < -0.39 is 0 Å². The van der Waals surface area contributed by atoms with Gasteiger partial charge < -0.3 is 9.59 Å². The molecule has 0 bridgehead atoms. The molecule has 6 rings (SSSR count). The van der Waals surface area contributed by atoms with Gasteiger partial charge >= 0.3 is 20.1 Å². The third-order valence-corrected chi connectivity index (χ3v) is 5.57. The number of aromatic nitrogens is 2. The van der Waals surface area contributed by atoms with Gasteiger partial charge in [-0.1, -0.05) is 60.7 Å². The van der Waals surface area contributed by atoms with Crippen molar-refractivity contribution in [1.82, 2.24) is 9.97 Å². The molecule has 0 aliphatic heterocycles. The molecule has 0 unspecified atom stereocenters. The summed E-state index contributed by atoms with van der Waals surface area (Å²) in [7, 11) is 0. The number of Topliss-reactive ketones (excluding diaryl/α,β-unsaturated/α-hetero) is 2. The van der Waals surface area contributed by atoms with Gasteiger partial charge in [0.15, 0.2) is 0 Å². The van der Waals surface area contributed by atoms with Crippen LogP contribution in [0.25, 0.3) is 44.3 Å². The second kappa shape index (κ2) is 15.2. The molecule has 4 aromatic carbocycles. The van der Waals surface area contributed by atoms with Crippen LogP contribution in [0, 0.1) is 18.6 Å². The molecule has 6 aromatic rings. The Kier molecular flexibility index (Phi) is 11.5. The number of nitrogens with zero attached hydrogens (tertiary/aromatic N) is 2. The second-order valence-electron chi connectivity index (χ2n) is 8.70. The van der Waals surface area contributed by atoms with Gasteiger partial charge in [-0.25, -0.2) is 0 Å². The summed E-state index contributed by atoms with van der Waals surface area (Å²) in [5.74, 6) is -0.375. The van der Waals surface area contributed by atoms with Crippen LogP contribution in [0.2, 0.25) is 0 Å². The van der Waals surface area contributed by atoms with Crippen LogP contribution in [-0.4, -0.2) is 21.5 Å². The molecule has 198 valence electrons. The number of pyridine rings is 2. The van der Waals surface area contributed by atoms with Crippen LogP contribution in [0.5, 0.6) is 0 Å². The number of ketones is 2. The first-order chi connectivity index (χ1) is 19.0. The van der Waals surface area contributed by atoms with Gasteiger partial charge in [0.05, 0.1) is 11.0 Å². The van der Waals surface area contributed by atoms with Crippen molar-refractivity contribution < 1.29 is 29.7 Å². The fourth-order valence-electron chi connectivity index (χ4n) is 3.82. The molecule has 0 saturated heterocycles. The zero-order chi connectivity index (χ0) is 27.5. The molecule has 0 fully saturated rings. The molecule has 0 saturated carbocycles. The molecule has 0 aliphatic carbocycles. The van der Waals surface area contributed by atoms with E-state index in [4.69, 9.17) is 0 Å². The molecule has 0 spiro atoms. The summed E-state index contributed by atoms with van der Waals surface area (Å²) in [6.07, 6.45) is 1.06. The summed E-state index contributed by atoms with van der Waals surface area (Å²) in [5.41, 5.74) is 6.06. The van der Waals surface area contributed by atoms with E-state index >= 15 is 0 Å². The summed E-state index contributed by atoms with van der Waals surface area (Å²) < 4.78 is 0. The second-order valence-corrected chi connectivity index (χ2v) is 8.70. The van der Waals surface area contributed by atoms with Crippen molar-refractivity contribution in [2.75, 3.05) is 0 Å². The number of carbonyl (C=O) groups excluding carboxylic acids is 2. The van der Waals surface area contributed by atoms with Crippen molar-refractivity contribution >= 4 is 33.4 Å². The Morgan fingerprint density at radius 3 is 1.30 bits per heavy atom. The number of rotatable bonds is 4. The molecule has 2 aromatic heterocycles. The maximum absolute atomic E-state index is 9.98. The molecule has 40 heavy (non-hydrogen) atoms. The van der Waals surface area contributed by atoms with Crippen molar-refractivity contribution in [3.05, 3.63) is 140 Å². The number of carbonyl (C=O) groups is 2. The van der Waals surface area contributed by atoms with Gasteiger partial charge in [-0.3, -0.25) is 16.4 Å². The first-order valence-electron chi connectivity index (χ1n) is 12.5. The van der Waals surface area contributed by atoms with E-state index in [9.17, 15) is 9.59 Å². The van der Waals surface area contributed by atoms with Crippen LogP contribution < -0.4 is 0 Å². The molecule has 0 N–H and O–H groups in total. The van der Waals surface area contributed by atoms with Crippen molar-refractivity contribution in [1.29, 1.82) is 0 Å². The van der Waals surface area contributed by atoms with E-state index in [1.165, 1.54) is 24.6 Å². The smallest absolute Gasteiger partial charge is 0.334 e. The van der Waals surface area contributed by atoms with Crippen LogP contribution in [0.15, 0.2) is 121 Å². The molecule has 0 amide bonds. The summed E-state index contributed by atoms with van der Waals surface area (Å²) in [5, 5.41) is 2.34. The van der Waals surface area contributed by atoms with Crippen LogP contribution in [0.4, 0.5) is 0 Å². The monoisotopic (exact) mass is 700 g/mol. The molecular weight excluding hydrogens is 673 g/mol. The van der Waals surface area contributed by atoms with Crippen LogP contribution in [0.3, 0.4) is 0 Å². The van der Waals surface area contributed by atoms with Crippen LogP contribution >= 0.6 is 0 Å². The van der Waals surface area contributed by atoms with Gasteiger partial charge in [0.25, 0.3) is 0 Å². The van der Waals surface area contributed by atoms with Gasteiger partial charge in [-0.05, 0) is 48.1 Å². The number of benzene rings is 4. The summed E-state index contributed by atoms with van der Waals surface area (Å²) in [6, 6.07) is 46.7. The Hall–Kier alpha value is -4.44. The first kappa shape index (κ1) is 30.1. The van der Waals surface area contributed by atoms with E-state index in [-0.39, 0.29) is 31.7 Å². The Labute approximate surface area is 248 Å². The van der Waals surface area contributed by atoms with Gasteiger partial charge in [0.2, 0.25) is 0 Å². The van der Waals surface area contributed by atoms with Gasteiger partial charge in [0.1, 0.15) is 0 Å². The van der Waals surface area contributed by atoms with E-state index in [2.05, 4.69) is 46.4 Å². The van der Waals surface area contributed by atoms with Crippen molar-refractivity contribution in [3.63, 3.8) is 0 Å². The predicted octanol–water partition coefficient (Wildman–Crippen LogP) is 7.77. The average Bonchev–Trinajstić information content (AvgIpc) is 2.97. The fraction of sp³-hybridized carbons (Fsp3) is 0.0571. The quantitative estimate of drug-likeness (QED) is 0.139. The normalized spacial score (nSPS) is 9.75. The van der Waals surface area contributed by atoms with Crippen molar-refractivity contribution in [3.8, 4) is 22.5 Å².